The molecule has 1 aromatic carbocycles. The minimum atomic E-state index is -0.590. The summed E-state index contributed by atoms with van der Waals surface area (Å²) in [6.07, 6.45) is 0. The van der Waals surface area contributed by atoms with Gasteiger partial charge in [0.2, 0.25) is 0 Å². The topological polar surface area (TPSA) is 12.9 Å². The van der Waals surface area contributed by atoms with Crippen molar-refractivity contribution in [2.24, 2.45) is 0 Å². The van der Waals surface area contributed by atoms with Crippen LogP contribution in [0.25, 0.3) is 10.9 Å². The van der Waals surface area contributed by atoms with E-state index in [1.165, 1.54) is 6.07 Å². The van der Waals surface area contributed by atoms with Crippen molar-refractivity contribution in [3.05, 3.63) is 41.1 Å². The molecule has 0 radical (unpaired) electrons. The zero-order valence-corrected chi connectivity index (χ0v) is 7.94. The Morgan fingerprint density at radius 3 is 2.50 bits per heavy atom. The number of fused-ring (bicyclic) bond motifs is 1. The fourth-order valence-corrected chi connectivity index (χ4v) is 1.65. The van der Waals surface area contributed by atoms with Crippen LogP contribution >= 0.6 is 0 Å². The third-order valence-corrected chi connectivity index (χ3v) is 2.15. The lowest BCUT2D eigenvalue weighted by Crippen LogP contribution is -1.92. The van der Waals surface area contributed by atoms with Crippen molar-refractivity contribution in [1.82, 2.24) is 4.98 Å². The Balaban J connectivity index is 2.94. The number of hydrogen-bond acceptors (Lipinski definition) is 1. The van der Waals surface area contributed by atoms with Crippen LogP contribution in [0.4, 0.5) is 8.78 Å². The quantitative estimate of drug-likeness (QED) is 0.626. The zero-order chi connectivity index (χ0) is 10.3. The molecule has 0 saturated heterocycles. The molecule has 2 aromatic rings. The maximum absolute atomic E-state index is 13.4. The third kappa shape index (κ3) is 1.35. The molecule has 0 fully saturated rings. The predicted octanol–water partition coefficient (Wildman–Crippen LogP) is 3.13. The van der Waals surface area contributed by atoms with Gasteiger partial charge in [0, 0.05) is 23.2 Å². The minimum absolute atomic E-state index is 0.375. The second-order valence-corrected chi connectivity index (χ2v) is 3.36. The van der Waals surface area contributed by atoms with Crippen LogP contribution in [0.5, 0.6) is 0 Å². The van der Waals surface area contributed by atoms with E-state index < -0.39 is 11.6 Å². The molecular formula is C11H9F2N. The smallest absolute Gasteiger partial charge is 0.135 e. The van der Waals surface area contributed by atoms with Crippen LogP contribution in [0.3, 0.4) is 0 Å². The molecule has 72 valence electrons. The number of aryl methyl sites for hydroxylation is 2. The molecule has 0 atom stereocenters. The molecule has 0 bridgehead atoms. The number of hydrogen-bond donors (Lipinski definition) is 0. The highest BCUT2D eigenvalue weighted by molar-refractivity contribution is 5.82. The van der Waals surface area contributed by atoms with Gasteiger partial charge in [-0.05, 0) is 25.5 Å². The molecule has 0 amide bonds. The second kappa shape index (κ2) is 3.01. The van der Waals surface area contributed by atoms with Crippen molar-refractivity contribution in [2.45, 2.75) is 13.8 Å². The van der Waals surface area contributed by atoms with Gasteiger partial charge in [-0.15, -0.1) is 0 Å². The highest BCUT2D eigenvalue weighted by atomic mass is 19.1. The number of rotatable bonds is 0. The van der Waals surface area contributed by atoms with Gasteiger partial charge in [0.05, 0.1) is 5.52 Å². The molecule has 0 aliphatic carbocycles. The van der Waals surface area contributed by atoms with E-state index in [4.69, 9.17) is 0 Å². The molecule has 0 spiro atoms. The standard InChI is InChI=1S/C11H9F2N/c1-6-3-7(2)14-10-5-8(12)4-9(13)11(6)10/h3-5H,1-2H3. The van der Waals surface area contributed by atoms with E-state index in [0.29, 0.717) is 10.9 Å². The van der Waals surface area contributed by atoms with Crippen LogP contribution in [0.15, 0.2) is 18.2 Å². The number of nitrogens with zero attached hydrogens (tertiary/aromatic N) is 1. The van der Waals surface area contributed by atoms with E-state index in [9.17, 15) is 8.78 Å². The summed E-state index contributed by atoms with van der Waals surface area (Å²) >= 11 is 0. The molecule has 1 heterocycles. The minimum Gasteiger partial charge on any atom is -0.253 e. The summed E-state index contributed by atoms with van der Waals surface area (Å²) in [5, 5.41) is 0.400. The van der Waals surface area contributed by atoms with Gasteiger partial charge in [0.1, 0.15) is 11.6 Å². The van der Waals surface area contributed by atoms with Crippen molar-refractivity contribution in [3.8, 4) is 0 Å². The molecule has 1 aromatic heterocycles. The van der Waals surface area contributed by atoms with E-state index in [1.807, 2.05) is 0 Å². The second-order valence-electron chi connectivity index (χ2n) is 3.36. The Bertz CT molecular complexity index is 463. The number of aromatic nitrogens is 1. The van der Waals surface area contributed by atoms with Crippen LogP contribution in [0.2, 0.25) is 0 Å². The fourth-order valence-electron chi connectivity index (χ4n) is 1.65. The Hall–Kier alpha value is -1.51. The summed E-state index contributed by atoms with van der Waals surface area (Å²) in [6, 6.07) is 3.91. The molecule has 0 aliphatic rings. The SMILES string of the molecule is Cc1cc(C)c2c(F)cc(F)cc2n1. The molecule has 0 N–H and O–H groups in total. The Kier molecular flexibility index (Phi) is 1.95. The molecule has 0 aliphatic heterocycles. The van der Waals surface area contributed by atoms with Crippen LogP contribution in [-0.4, -0.2) is 4.98 Å². The Morgan fingerprint density at radius 2 is 1.79 bits per heavy atom. The van der Waals surface area contributed by atoms with Crippen LogP contribution < -0.4 is 0 Å². The maximum atomic E-state index is 13.4. The van der Waals surface area contributed by atoms with Crippen molar-refractivity contribution in [2.75, 3.05) is 0 Å². The highest BCUT2D eigenvalue weighted by Gasteiger charge is 2.07. The summed E-state index contributed by atoms with van der Waals surface area (Å²) in [4.78, 5) is 4.08. The van der Waals surface area contributed by atoms with Crippen molar-refractivity contribution in [1.29, 1.82) is 0 Å². The van der Waals surface area contributed by atoms with Crippen molar-refractivity contribution < 1.29 is 8.78 Å². The lowest BCUT2D eigenvalue weighted by atomic mass is 10.1. The molecule has 14 heavy (non-hydrogen) atoms. The fraction of sp³-hybridized carbons (Fsp3) is 0.182. The van der Waals surface area contributed by atoms with Crippen LogP contribution in [0, 0.1) is 25.5 Å². The van der Waals surface area contributed by atoms with E-state index in [-0.39, 0.29) is 0 Å². The lowest BCUT2D eigenvalue weighted by Gasteiger charge is -2.04. The lowest BCUT2D eigenvalue weighted by molar-refractivity contribution is 0.591. The number of pyridine rings is 1. The van der Waals surface area contributed by atoms with E-state index >= 15 is 0 Å². The van der Waals surface area contributed by atoms with Gasteiger partial charge < -0.3 is 0 Å². The monoisotopic (exact) mass is 193 g/mol. The van der Waals surface area contributed by atoms with Crippen LogP contribution in [-0.2, 0) is 0 Å². The summed E-state index contributed by atoms with van der Waals surface area (Å²) in [6.45, 7) is 3.59. The van der Waals surface area contributed by atoms with Gasteiger partial charge in [-0.2, -0.15) is 0 Å². The zero-order valence-electron chi connectivity index (χ0n) is 7.94. The molecule has 3 heteroatoms. The highest BCUT2D eigenvalue weighted by Crippen LogP contribution is 2.22. The average molecular weight is 193 g/mol. The molecule has 0 saturated carbocycles. The van der Waals surface area contributed by atoms with Gasteiger partial charge >= 0.3 is 0 Å². The van der Waals surface area contributed by atoms with Gasteiger partial charge in [-0.1, -0.05) is 0 Å². The average Bonchev–Trinajstić information content (AvgIpc) is 1.99. The first-order chi connectivity index (χ1) is 6.58. The summed E-state index contributed by atoms with van der Waals surface area (Å²) < 4.78 is 26.2. The molecule has 0 unspecified atom stereocenters. The van der Waals surface area contributed by atoms with Crippen molar-refractivity contribution in [3.63, 3.8) is 0 Å². The molecular weight excluding hydrogens is 184 g/mol. The molecule has 1 nitrogen and oxygen atoms in total. The van der Waals surface area contributed by atoms with E-state index in [2.05, 4.69) is 4.98 Å². The van der Waals surface area contributed by atoms with Gasteiger partial charge in [-0.25, -0.2) is 8.78 Å². The maximum Gasteiger partial charge on any atom is 0.135 e. The van der Waals surface area contributed by atoms with Gasteiger partial charge in [0.25, 0.3) is 0 Å². The summed E-state index contributed by atoms with van der Waals surface area (Å²) in [5.41, 5.74) is 1.92. The third-order valence-electron chi connectivity index (χ3n) is 2.15. The van der Waals surface area contributed by atoms with Crippen molar-refractivity contribution >= 4 is 10.9 Å². The number of benzene rings is 1. The Morgan fingerprint density at radius 1 is 1.07 bits per heavy atom. The summed E-state index contributed by atoms with van der Waals surface area (Å²) in [5.74, 6) is -1.14. The van der Waals surface area contributed by atoms with Crippen LogP contribution in [0.1, 0.15) is 11.3 Å². The van der Waals surface area contributed by atoms with E-state index in [0.717, 1.165) is 17.3 Å². The first kappa shape index (κ1) is 9.06. The first-order valence-electron chi connectivity index (χ1n) is 4.31. The van der Waals surface area contributed by atoms with Gasteiger partial charge in [-0.3, -0.25) is 4.98 Å². The molecule has 2 rings (SSSR count). The summed E-state index contributed by atoms with van der Waals surface area (Å²) in [7, 11) is 0. The predicted molar refractivity (Wildman–Crippen MR) is 51.1 cm³/mol. The largest absolute Gasteiger partial charge is 0.253 e. The van der Waals surface area contributed by atoms with Gasteiger partial charge in [0.15, 0.2) is 0 Å². The van der Waals surface area contributed by atoms with E-state index in [1.54, 1.807) is 19.9 Å². The normalized spacial score (nSPS) is 10.9. The first-order valence-corrected chi connectivity index (χ1v) is 4.31. The number of halogens is 2. The Labute approximate surface area is 80.4 Å².